The van der Waals surface area contributed by atoms with Gasteiger partial charge in [0.1, 0.15) is 5.75 Å². The Morgan fingerprint density at radius 1 is 1.07 bits per heavy atom. The Morgan fingerprint density at radius 2 is 1.80 bits per heavy atom. The number of benzene rings is 2. The van der Waals surface area contributed by atoms with Crippen LogP contribution >= 0.6 is 11.3 Å². The molecule has 0 amide bonds. The predicted octanol–water partition coefficient (Wildman–Crippen LogP) is 5.02. The van der Waals surface area contributed by atoms with Crippen molar-refractivity contribution in [2.45, 2.75) is 53.0 Å². The van der Waals surface area contributed by atoms with E-state index in [0.29, 0.717) is 38.7 Å². The van der Waals surface area contributed by atoms with Gasteiger partial charge in [-0.1, -0.05) is 63.1 Å². The van der Waals surface area contributed by atoms with E-state index in [1.54, 1.807) is 37.9 Å². The molecule has 0 N–H and O–H groups in total. The van der Waals surface area contributed by atoms with Crippen LogP contribution in [0.3, 0.4) is 0 Å². The number of hydrogen-bond donors (Lipinski definition) is 0. The molecule has 0 saturated carbocycles. The van der Waals surface area contributed by atoms with Gasteiger partial charge in [0, 0.05) is 0 Å². The number of rotatable bonds is 12. The number of fused-ring (bicyclic) bond motifs is 1. The van der Waals surface area contributed by atoms with Gasteiger partial charge in [0.2, 0.25) is 0 Å². The summed E-state index contributed by atoms with van der Waals surface area (Å²) in [4.78, 5) is 32.5. The Bertz CT molecular complexity index is 1580. The minimum atomic E-state index is -0.687. The van der Waals surface area contributed by atoms with Crippen LogP contribution in [-0.4, -0.2) is 38.0 Å². The lowest BCUT2D eigenvalue weighted by molar-refractivity contribution is -0.140. The Morgan fingerprint density at radius 3 is 2.46 bits per heavy atom. The number of esters is 1. The van der Waals surface area contributed by atoms with E-state index in [1.165, 1.54) is 11.3 Å². The van der Waals surface area contributed by atoms with E-state index in [0.717, 1.165) is 36.1 Å². The van der Waals surface area contributed by atoms with Crippen LogP contribution in [0.25, 0.3) is 6.08 Å². The zero-order chi connectivity index (χ0) is 29.5. The van der Waals surface area contributed by atoms with Crippen LogP contribution in [0.5, 0.6) is 17.2 Å². The van der Waals surface area contributed by atoms with Crippen molar-refractivity contribution in [3.63, 3.8) is 0 Å². The number of thiazole rings is 1. The summed E-state index contributed by atoms with van der Waals surface area (Å²) in [6.07, 6.45) is 5.02. The molecule has 0 radical (unpaired) electrons. The fraction of sp³-hybridized carbons (Fsp3) is 0.406. The van der Waals surface area contributed by atoms with E-state index in [4.69, 9.17) is 18.9 Å². The molecule has 4 rings (SSSR count). The standard InChI is InChI=1S/C32H38N2O6S/c1-7-8-9-16-39-24-13-11-23(12-14-24)29-28(31(36)40-19-20(2)3)21(4)33-32-34(29)30(35)27(41-32)18-22-10-15-25(37-5)26(17-22)38-6/h10-15,17-18,20,29H,7-9,16,19H2,1-6H3. The van der Waals surface area contributed by atoms with Gasteiger partial charge in [-0.2, -0.15) is 0 Å². The normalized spacial score (nSPS) is 15.0. The second-order valence-corrected chi connectivity index (χ2v) is 11.3. The van der Waals surface area contributed by atoms with E-state index in [9.17, 15) is 9.59 Å². The lowest BCUT2D eigenvalue weighted by Gasteiger charge is -2.25. The van der Waals surface area contributed by atoms with Crippen molar-refractivity contribution in [3.05, 3.63) is 84.5 Å². The largest absolute Gasteiger partial charge is 0.494 e. The van der Waals surface area contributed by atoms with Gasteiger partial charge in [0.05, 0.1) is 49.3 Å². The molecular formula is C32H38N2O6S. The second-order valence-electron chi connectivity index (χ2n) is 10.3. The summed E-state index contributed by atoms with van der Waals surface area (Å²) in [5.74, 6) is 1.61. The minimum Gasteiger partial charge on any atom is -0.494 e. The molecule has 2 heterocycles. The monoisotopic (exact) mass is 578 g/mol. The smallest absolute Gasteiger partial charge is 0.338 e. The van der Waals surface area contributed by atoms with Gasteiger partial charge in [-0.05, 0) is 60.7 Å². The summed E-state index contributed by atoms with van der Waals surface area (Å²) in [6, 6.07) is 12.3. The molecule has 218 valence electrons. The summed E-state index contributed by atoms with van der Waals surface area (Å²) in [5, 5.41) is 0. The first-order chi connectivity index (χ1) is 19.8. The van der Waals surface area contributed by atoms with Gasteiger partial charge in [0.15, 0.2) is 16.3 Å². The highest BCUT2D eigenvalue weighted by Gasteiger charge is 2.33. The highest BCUT2D eigenvalue weighted by Crippen LogP contribution is 2.32. The summed E-state index contributed by atoms with van der Waals surface area (Å²) >= 11 is 1.28. The molecule has 0 saturated heterocycles. The van der Waals surface area contributed by atoms with Crippen LogP contribution < -0.4 is 29.1 Å². The molecule has 3 aromatic rings. The van der Waals surface area contributed by atoms with E-state index < -0.39 is 12.0 Å². The topological polar surface area (TPSA) is 88.4 Å². The molecule has 2 aromatic carbocycles. The van der Waals surface area contributed by atoms with Crippen molar-refractivity contribution >= 4 is 23.4 Å². The highest BCUT2D eigenvalue weighted by molar-refractivity contribution is 7.07. The predicted molar refractivity (Wildman–Crippen MR) is 161 cm³/mol. The first-order valence-electron chi connectivity index (χ1n) is 13.9. The number of aromatic nitrogens is 1. The molecule has 9 heteroatoms. The third kappa shape index (κ3) is 6.90. The first-order valence-corrected chi connectivity index (χ1v) is 14.7. The van der Waals surface area contributed by atoms with E-state index in [1.807, 2.05) is 50.2 Å². The summed E-state index contributed by atoms with van der Waals surface area (Å²) in [6.45, 7) is 8.82. The number of unbranched alkanes of at least 4 members (excludes halogenated alkanes) is 2. The van der Waals surface area contributed by atoms with Crippen molar-refractivity contribution in [1.82, 2.24) is 4.57 Å². The van der Waals surface area contributed by atoms with Crippen LogP contribution in [-0.2, 0) is 9.53 Å². The lowest BCUT2D eigenvalue weighted by Crippen LogP contribution is -2.40. The first kappa shape index (κ1) is 30.1. The average Bonchev–Trinajstić information content (AvgIpc) is 3.27. The van der Waals surface area contributed by atoms with Crippen LogP contribution in [0.15, 0.2) is 63.5 Å². The summed E-state index contributed by atoms with van der Waals surface area (Å²) in [5.41, 5.74) is 2.20. The molecule has 1 unspecified atom stereocenters. The summed E-state index contributed by atoms with van der Waals surface area (Å²) < 4.78 is 24.4. The Kier molecular flexibility index (Phi) is 10.0. The second kappa shape index (κ2) is 13.7. The molecule has 1 aliphatic heterocycles. The maximum absolute atomic E-state index is 13.9. The molecule has 1 atom stereocenters. The van der Waals surface area contributed by atoms with Crippen LogP contribution in [0.1, 0.15) is 64.1 Å². The molecule has 0 bridgehead atoms. The fourth-order valence-electron chi connectivity index (χ4n) is 4.60. The molecule has 0 aliphatic carbocycles. The highest BCUT2D eigenvalue weighted by atomic mass is 32.1. The van der Waals surface area contributed by atoms with Crippen molar-refractivity contribution in [2.24, 2.45) is 10.9 Å². The number of carbonyl (C=O) groups is 1. The number of nitrogens with zero attached hydrogens (tertiary/aromatic N) is 2. The van der Waals surface area contributed by atoms with Crippen LogP contribution in [0.4, 0.5) is 0 Å². The van der Waals surface area contributed by atoms with Crippen molar-refractivity contribution in [2.75, 3.05) is 27.4 Å². The van der Waals surface area contributed by atoms with Gasteiger partial charge in [-0.3, -0.25) is 9.36 Å². The van der Waals surface area contributed by atoms with Gasteiger partial charge in [-0.15, -0.1) is 0 Å². The third-order valence-electron chi connectivity index (χ3n) is 6.71. The van der Waals surface area contributed by atoms with Gasteiger partial charge >= 0.3 is 5.97 Å². The molecular weight excluding hydrogens is 540 g/mol. The zero-order valence-corrected chi connectivity index (χ0v) is 25.4. The van der Waals surface area contributed by atoms with E-state index in [-0.39, 0.29) is 18.1 Å². The van der Waals surface area contributed by atoms with Crippen molar-refractivity contribution in [3.8, 4) is 17.2 Å². The van der Waals surface area contributed by atoms with Crippen molar-refractivity contribution in [1.29, 1.82) is 0 Å². The molecule has 41 heavy (non-hydrogen) atoms. The van der Waals surface area contributed by atoms with Crippen LogP contribution in [0, 0.1) is 5.92 Å². The molecule has 1 aromatic heterocycles. The quantitative estimate of drug-likeness (QED) is 0.222. The molecule has 0 spiro atoms. The number of methoxy groups -OCH3 is 2. The molecule has 8 nitrogen and oxygen atoms in total. The van der Waals surface area contributed by atoms with Crippen LogP contribution in [0.2, 0.25) is 0 Å². The van der Waals surface area contributed by atoms with E-state index in [2.05, 4.69) is 11.9 Å². The van der Waals surface area contributed by atoms with Crippen molar-refractivity contribution < 1.29 is 23.7 Å². The average molecular weight is 579 g/mol. The number of hydrogen-bond acceptors (Lipinski definition) is 8. The molecule has 0 fully saturated rings. The van der Waals surface area contributed by atoms with E-state index >= 15 is 0 Å². The summed E-state index contributed by atoms with van der Waals surface area (Å²) in [7, 11) is 3.15. The SMILES string of the molecule is CCCCCOc1ccc(C2C(C(=O)OCC(C)C)=C(C)N=c3sc(=Cc4ccc(OC)c(OC)c4)c(=O)n32)cc1. The number of ether oxygens (including phenoxy) is 4. The maximum atomic E-state index is 13.9. The Balaban J connectivity index is 1.79. The zero-order valence-electron chi connectivity index (χ0n) is 24.6. The lowest BCUT2D eigenvalue weighted by atomic mass is 9.96. The maximum Gasteiger partial charge on any atom is 0.338 e. The number of carbonyl (C=O) groups excluding carboxylic acids is 1. The van der Waals surface area contributed by atoms with Gasteiger partial charge < -0.3 is 18.9 Å². The van der Waals surface area contributed by atoms with Gasteiger partial charge in [-0.25, -0.2) is 9.79 Å². The Labute approximate surface area is 244 Å². The fourth-order valence-corrected chi connectivity index (χ4v) is 5.65. The number of allylic oxidation sites excluding steroid dienone is 1. The van der Waals surface area contributed by atoms with Gasteiger partial charge in [0.25, 0.3) is 5.56 Å². The third-order valence-corrected chi connectivity index (χ3v) is 7.69. The minimum absolute atomic E-state index is 0.171. The Hall–Kier alpha value is -3.85. The molecule has 1 aliphatic rings.